The summed E-state index contributed by atoms with van der Waals surface area (Å²) < 4.78 is 0. The Morgan fingerprint density at radius 1 is 0.952 bits per heavy atom. The normalized spacial score (nSPS) is 12.1. The van der Waals surface area contributed by atoms with Gasteiger partial charge in [0.2, 0.25) is 0 Å². The molecule has 0 saturated heterocycles. The van der Waals surface area contributed by atoms with Gasteiger partial charge in [-0.1, -0.05) is 30.3 Å². The maximum atomic E-state index is 4.26. The molecule has 106 valence electrons. The van der Waals surface area contributed by atoms with Crippen LogP contribution in [0.5, 0.6) is 0 Å². The summed E-state index contributed by atoms with van der Waals surface area (Å²) in [5.41, 5.74) is 5.46. The second-order valence-corrected chi connectivity index (χ2v) is 5.08. The van der Waals surface area contributed by atoms with E-state index in [-0.39, 0.29) is 6.04 Å². The number of H-pyrrole nitrogens is 1. The molecule has 0 amide bonds. The maximum absolute atomic E-state index is 4.26. The van der Waals surface area contributed by atoms with Gasteiger partial charge in [0.25, 0.3) is 0 Å². The third kappa shape index (κ3) is 2.79. The Balaban J connectivity index is 2.01. The van der Waals surface area contributed by atoms with Crippen molar-refractivity contribution in [2.75, 3.05) is 5.32 Å². The van der Waals surface area contributed by atoms with Crippen molar-refractivity contribution in [3.8, 4) is 0 Å². The van der Waals surface area contributed by atoms with Crippen LogP contribution >= 0.6 is 0 Å². The summed E-state index contributed by atoms with van der Waals surface area (Å²) in [6.45, 7) is 4.03. The van der Waals surface area contributed by atoms with E-state index < -0.39 is 0 Å². The number of aromatic nitrogens is 3. The highest BCUT2D eigenvalue weighted by molar-refractivity contribution is 5.55. The van der Waals surface area contributed by atoms with E-state index in [1.165, 1.54) is 11.1 Å². The summed E-state index contributed by atoms with van der Waals surface area (Å²) >= 11 is 0. The number of aryl methyl sites for hydroxylation is 2. The second-order valence-electron chi connectivity index (χ2n) is 5.08. The summed E-state index contributed by atoms with van der Waals surface area (Å²) in [6, 6.07) is 14.5. The predicted molar refractivity (Wildman–Crippen MR) is 84.2 cm³/mol. The SMILES string of the molecule is Cc1n[nH]c(C)c1NC(c1ccccc1)c1ccncc1. The van der Waals surface area contributed by atoms with Crippen LogP contribution in [0.25, 0.3) is 0 Å². The van der Waals surface area contributed by atoms with Gasteiger partial charge >= 0.3 is 0 Å². The minimum Gasteiger partial charge on any atom is -0.371 e. The van der Waals surface area contributed by atoms with Crippen molar-refractivity contribution in [3.05, 3.63) is 77.4 Å². The Morgan fingerprint density at radius 3 is 2.24 bits per heavy atom. The Hall–Kier alpha value is -2.62. The van der Waals surface area contributed by atoms with E-state index in [0.29, 0.717) is 0 Å². The molecule has 0 saturated carbocycles. The molecule has 2 N–H and O–H groups in total. The van der Waals surface area contributed by atoms with Gasteiger partial charge in [-0.15, -0.1) is 0 Å². The highest BCUT2D eigenvalue weighted by Crippen LogP contribution is 2.28. The fourth-order valence-electron chi connectivity index (χ4n) is 2.47. The van der Waals surface area contributed by atoms with Crippen molar-refractivity contribution < 1.29 is 0 Å². The molecular weight excluding hydrogens is 260 g/mol. The molecule has 0 aliphatic heterocycles. The average Bonchev–Trinajstić information content (AvgIpc) is 2.85. The van der Waals surface area contributed by atoms with E-state index in [4.69, 9.17) is 0 Å². The lowest BCUT2D eigenvalue weighted by Crippen LogP contribution is -2.13. The molecule has 0 radical (unpaired) electrons. The van der Waals surface area contributed by atoms with Gasteiger partial charge in [-0.3, -0.25) is 10.1 Å². The lowest BCUT2D eigenvalue weighted by atomic mass is 9.99. The van der Waals surface area contributed by atoms with Gasteiger partial charge in [0.1, 0.15) is 0 Å². The van der Waals surface area contributed by atoms with Gasteiger partial charge in [-0.2, -0.15) is 5.10 Å². The predicted octanol–water partition coefficient (Wildman–Crippen LogP) is 3.62. The van der Waals surface area contributed by atoms with Gasteiger partial charge in [-0.25, -0.2) is 0 Å². The topological polar surface area (TPSA) is 53.6 Å². The summed E-state index contributed by atoms with van der Waals surface area (Å²) in [4.78, 5) is 4.11. The van der Waals surface area contributed by atoms with E-state index in [9.17, 15) is 0 Å². The molecule has 21 heavy (non-hydrogen) atoms. The van der Waals surface area contributed by atoms with Crippen molar-refractivity contribution >= 4 is 5.69 Å². The third-order valence-corrected chi connectivity index (χ3v) is 3.59. The molecule has 0 fully saturated rings. The van der Waals surface area contributed by atoms with Crippen LogP contribution in [0, 0.1) is 13.8 Å². The molecule has 2 aromatic heterocycles. The summed E-state index contributed by atoms with van der Waals surface area (Å²) in [5, 5.41) is 10.9. The van der Waals surface area contributed by atoms with Gasteiger partial charge in [-0.05, 0) is 37.1 Å². The van der Waals surface area contributed by atoms with Crippen LogP contribution in [0.15, 0.2) is 54.9 Å². The second kappa shape index (κ2) is 5.79. The van der Waals surface area contributed by atoms with Crippen LogP contribution in [0.4, 0.5) is 5.69 Å². The van der Waals surface area contributed by atoms with E-state index in [2.05, 4.69) is 44.8 Å². The van der Waals surface area contributed by atoms with Crippen LogP contribution in [0.2, 0.25) is 0 Å². The zero-order chi connectivity index (χ0) is 14.7. The van der Waals surface area contributed by atoms with Crippen LogP contribution in [-0.2, 0) is 0 Å². The van der Waals surface area contributed by atoms with Gasteiger partial charge < -0.3 is 5.32 Å². The summed E-state index contributed by atoms with van der Waals surface area (Å²) in [6.07, 6.45) is 3.64. The number of nitrogens with zero attached hydrogens (tertiary/aromatic N) is 2. The number of hydrogen-bond donors (Lipinski definition) is 2. The van der Waals surface area contributed by atoms with Crippen LogP contribution < -0.4 is 5.32 Å². The van der Waals surface area contributed by atoms with Crippen LogP contribution in [0.1, 0.15) is 28.6 Å². The Labute approximate surface area is 124 Å². The standard InChI is InChI=1S/C17H18N4/c1-12-16(13(2)21-20-12)19-17(14-6-4-3-5-7-14)15-8-10-18-11-9-15/h3-11,17,19H,1-2H3,(H,20,21). The van der Waals surface area contributed by atoms with E-state index in [0.717, 1.165) is 17.1 Å². The average molecular weight is 278 g/mol. The van der Waals surface area contributed by atoms with Gasteiger partial charge in [0, 0.05) is 12.4 Å². The minimum atomic E-state index is 0.0733. The Bertz CT molecular complexity index is 645. The first-order valence-corrected chi connectivity index (χ1v) is 6.98. The molecule has 3 rings (SSSR count). The molecule has 4 heteroatoms. The molecule has 0 bridgehead atoms. The number of hydrogen-bond acceptors (Lipinski definition) is 3. The summed E-state index contributed by atoms with van der Waals surface area (Å²) in [7, 11) is 0. The first-order valence-electron chi connectivity index (χ1n) is 6.98. The lowest BCUT2D eigenvalue weighted by molar-refractivity contribution is 0.929. The van der Waals surface area contributed by atoms with E-state index in [1.54, 1.807) is 0 Å². The molecule has 4 nitrogen and oxygen atoms in total. The fourth-order valence-corrected chi connectivity index (χ4v) is 2.47. The molecule has 0 aliphatic rings. The number of aromatic amines is 1. The Kier molecular flexibility index (Phi) is 3.69. The number of pyridine rings is 1. The quantitative estimate of drug-likeness (QED) is 0.766. The molecule has 3 aromatic rings. The lowest BCUT2D eigenvalue weighted by Gasteiger charge is -2.21. The van der Waals surface area contributed by atoms with Gasteiger partial charge in [0.05, 0.1) is 23.1 Å². The van der Waals surface area contributed by atoms with Crippen molar-refractivity contribution in [2.24, 2.45) is 0 Å². The fraction of sp³-hybridized carbons (Fsp3) is 0.176. The molecule has 1 aromatic carbocycles. The molecule has 1 atom stereocenters. The number of anilines is 1. The molecular formula is C17H18N4. The highest BCUT2D eigenvalue weighted by atomic mass is 15.2. The monoisotopic (exact) mass is 278 g/mol. The third-order valence-electron chi connectivity index (χ3n) is 3.59. The first kappa shape index (κ1) is 13.4. The number of rotatable bonds is 4. The highest BCUT2D eigenvalue weighted by Gasteiger charge is 2.17. The smallest absolute Gasteiger partial charge is 0.0825 e. The summed E-state index contributed by atoms with van der Waals surface area (Å²) in [5.74, 6) is 0. The van der Waals surface area contributed by atoms with Crippen molar-refractivity contribution in [3.63, 3.8) is 0 Å². The molecule has 2 heterocycles. The minimum absolute atomic E-state index is 0.0733. The zero-order valence-corrected chi connectivity index (χ0v) is 12.2. The van der Waals surface area contributed by atoms with Crippen LogP contribution in [-0.4, -0.2) is 15.2 Å². The van der Waals surface area contributed by atoms with Crippen LogP contribution in [0.3, 0.4) is 0 Å². The van der Waals surface area contributed by atoms with Gasteiger partial charge in [0.15, 0.2) is 0 Å². The molecule has 0 aliphatic carbocycles. The zero-order valence-electron chi connectivity index (χ0n) is 12.2. The molecule has 1 unspecified atom stereocenters. The Morgan fingerprint density at radius 2 is 1.62 bits per heavy atom. The van der Waals surface area contributed by atoms with E-state index in [1.807, 2.05) is 44.4 Å². The van der Waals surface area contributed by atoms with Crippen molar-refractivity contribution in [2.45, 2.75) is 19.9 Å². The van der Waals surface area contributed by atoms with Crippen molar-refractivity contribution in [1.82, 2.24) is 15.2 Å². The van der Waals surface area contributed by atoms with E-state index >= 15 is 0 Å². The number of nitrogens with one attached hydrogen (secondary N) is 2. The molecule has 0 spiro atoms. The number of benzene rings is 1. The largest absolute Gasteiger partial charge is 0.371 e. The maximum Gasteiger partial charge on any atom is 0.0825 e. The first-order chi connectivity index (χ1) is 10.3. The van der Waals surface area contributed by atoms with Crippen molar-refractivity contribution in [1.29, 1.82) is 0 Å².